The van der Waals surface area contributed by atoms with E-state index in [1.807, 2.05) is 36.1 Å². The molecule has 2 atom stereocenters. The number of nitrogens with zero attached hydrogens (tertiary/aromatic N) is 3. The van der Waals surface area contributed by atoms with Gasteiger partial charge in [0.1, 0.15) is 5.82 Å². The Morgan fingerprint density at radius 3 is 2.74 bits per heavy atom. The van der Waals surface area contributed by atoms with Crippen LogP contribution in [0, 0.1) is 12.8 Å². The number of piperidine rings is 1. The van der Waals surface area contributed by atoms with E-state index in [1.165, 1.54) is 0 Å². The number of carbonyl (C=O) groups excluding carboxylic acids is 1. The largest absolute Gasteiger partial charge is 0.334 e. The second kappa shape index (κ2) is 6.50. The van der Waals surface area contributed by atoms with Crippen LogP contribution in [-0.2, 0) is 0 Å². The van der Waals surface area contributed by atoms with Crippen LogP contribution in [0.25, 0.3) is 11.4 Å². The molecule has 0 bridgehead atoms. The molecular weight excluding hydrogens is 290 g/mol. The molecule has 1 saturated heterocycles. The summed E-state index contributed by atoms with van der Waals surface area (Å²) in [5.41, 5.74) is 7.47. The van der Waals surface area contributed by atoms with Crippen LogP contribution in [0.2, 0.25) is 0 Å². The van der Waals surface area contributed by atoms with Crippen LogP contribution in [0.3, 0.4) is 0 Å². The summed E-state index contributed by atoms with van der Waals surface area (Å²) in [6, 6.07) is 7.60. The van der Waals surface area contributed by atoms with Gasteiger partial charge in [-0.05, 0) is 37.8 Å². The van der Waals surface area contributed by atoms with Gasteiger partial charge < -0.3 is 10.6 Å². The van der Waals surface area contributed by atoms with E-state index < -0.39 is 0 Å². The Labute approximate surface area is 136 Å². The van der Waals surface area contributed by atoms with Gasteiger partial charge in [0.2, 0.25) is 0 Å². The average Bonchev–Trinajstić information content (AvgIpc) is 3.00. The van der Waals surface area contributed by atoms with Crippen molar-refractivity contribution in [3.05, 3.63) is 35.7 Å². The highest BCUT2D eigenvalue weighted by Crippen LogP contribution is 2.25. The van der Waals surface area contributed by atoms with Crippen molar-refractivity contribution in [3.63, 3.8) is 0 Å². The van der Waals surface area contributed by atoms with Crippen molar-refractivity contribution in [2.24, 2.45) is 11.7 Å². The number of hydrogen-bond donors (Lipinski definition) is 2. The maximum absolute atomic E-state index is 12.8. The van der Waals surface area contributed by atoms with Gasteiger partial charge in [-0.3, -0.25) is 9.89 Å². The molecule has 1 aromatic heterocycles. The van der Waals surface area contributed by atoms with Gasteiger partial charge in [-0.2, -0.15) is 5.10 Å². The van der Waals surface area contributed by atoms with Gasteiger partial charge in [-0.1, -0.05) is 19.1 Å². The monoisotopic (exact) mass is 313 g/mol. The fourth-order valence-electron chi connectivity index (χ4n) is 3.26. The molecule has 1 aliphatic rings. The third-order valence-electron chi connectivity index (χ3n) is 4.61. The van der Waals surface area contributed by atoms with Crippen molar-refractivity contribution in [1.82, 2.24) is 20.1 Å². The molecule has 23 heavy (non-hydrogen) atoms. The summed E-state index contributed by atoms with van der Waals surface area (Å²) in [6.45, 7) is 5.33. The Morgan fingerprint density at radius 1 is 1.39 bits per heavy atom. The number of H-pyrrole nitrogens is 1. The van der Waals surface area contributed by atoms with Gasteiger partial charge in [-0.25, -0.2) is 4.98 Å². The molecule has 0 spiro atoms. The summed E-state index contributed by atoms with van der Waals surface area (Å²) in [6.07, 6.45) is 2.17. The molecule has 3 N–H and O–H groups in total. The molecule has 2 aromatic rings. The predicted octanol–water partition coefficient (Wildman–Crippen LogP) is 1.98. The van der Waals surface area contributed by atoms with Gasteiger partial charge in [0, 0.05) is 30.3 Å². The number of carbonyl (C=O) groups is 1. The minimum absolute atomic E-state index is 0.0599. The van der Waals surface area contributed by atoms with Gasteiger partial charge in [0.05, 0.1) is 0 Å². The molecule has 0 saturated carbocycles. The van der Waals surface area contributed by atoms with Crippen LogP contribution in [0.1, 0.15) is 35.9 Å². The molecule has 2 unspecified atom stereocenters. The highest BCUT2D eigenvalue weighted by molar-refractivity contribution is 5.95. The van der Waals surface area contributed by atoms with Crippen molar-refractivity contribution in [2.45, 2.75) is 32.7 Å². The van der Waals surface area contributed by atoms with Crippen LogP contribution in [0.15, 0.2) is 24.3 Å². The highest BCUT2D eigenvalue weighted by atomic mass is 16.2. The van der Waals surface area contributed by atoms with E-state index in [-0.39, 0.29) is 11.9 Å². The van der Waals surface area contributed by atoms with E-state index >= 15 is 0 Å². The highest BCUT2D eigenvalue weighted by Gasteiger charge is 2.31. The number of likely N-dealkylation sites (tertiary alicyclic amines) is 1. The van der Waals surface area contributed by atoms with Crippen LogP contribution < -0.4 is 5.73 Å². The van der Waals surface area contributed by atoms with E-state index in [9.17, 15) is 4.79 Å². The summed E-state index contributed by atoms with van der Waals surface area (Å²) < 4.78 is 0. The van der Waals surface area contributed by atoms with E-state index in [2.05, 4.69) is 22.1 Å². The van der Waals surface area contributed by atoms with Crippen LogP contribution in [0.4, 0.5) is 0 Å². The molecule has 3 rings (SSSR count). The number of hydrogen-bond acceptors (Lipinski definition) is 4. The first-order valence-electron chi connectivity index (χ1n) is 8.10. The lowest BCUT2D eigenvalue weighted by molar-refractivity contribution is 0.0532. The average molecular weight is 313 g/mol. The number of aryl methyl sites for hydroxylation is 1. The standard InChI is InChI=1S/C17H23N5O/c1-11-4-3-9-22(15(11)10-18)17(23)14-7-5-13(6-8-14)16-19-12(2)20-21-16/h5-8,11,15H,3-4,9-10,18H2,1-2H3,(H,19,20,21). The lowest BCUT2D eigenvalue weighted by atomic mass is 9.90. The maximum Gasteiger partial charge on any atom is 0.254 e. The van der Waals surface area contributed by atoms with E-state index in [1.54, 1.807) is 0 Å². The Kier molecular flexibility index (Phi) is 4.43. The second-order valence-electron chi connectivity index (χ2n) is 6.24. The number of benzene rings is 1. The molecule has 0 radical (unpaired) electrons. The van der Waals surface area contributed by atoms with Gasteiger partial charge >= 0.3 is 0 Å². The van der Waals surface area contributed by atoms with Crippen molar-refractivity contribution in [2.75, 3.05) is 13.1 Å². The molecular formula is C17H23N5O. The maximum atomic E-state index is 12.8. The van der Waals surface area contributed by atoms with Gasteiger partial charge in [-0.15, -0.1) is 0 Å². The summed E-state index contributed by atoms with van der Waals surface area (Å²) in [5, 5.41) is 6.96. The lowest BCUT2D eigenvalue weighted by Gasteiger charge is -2.39. The fourth-order valence-corrected chi connectivity index (χ4v) is 3.26. The number of aromatic nitrogens is 3. The zero-order valence-corrected chi connectivity index (χ0v) is 13.6. The van der Waals surface area contributed by atoms with Crippen molar-refractivity contribution in [3.8, 4) is 11.4 Å². The topological polar surface area (TPSA) is 87.9 Å². The Morgan fingerprint density at radius 2 is 2.13 bits per heavy atom. The second-order valence-corrected chi connectivity index (χ2v) is 6.24. The number of aromatic amines is 1. The molecule has 6 nitrogen and oxygen atoms in total. The normalized spacial score (nSPS) is 21.4. The van der Waals surface area contributed by atoms with Gasteiger partial charge in [0.25, 0.3) is 5.91 Å². The van der Waals surface area contributed by atoms with E-state index in [4.69, 9.17) is 5.73 Å². The summed E-state index contributed by atoms with van der Waals surface area (Å²) in [5.74, 6) is 1.93. The third kappa shape index (κ3) is 3.12. The van der Waals surface area contributed by atoms with Crippen LogP contribution >= 0.6 is 0 Å². The Bertz CT molecular complexity index is 679. The predicted molar refractivity (Wildman–Crippen MR) is 88.8 cm³/mol. The quantitative estimate of drug-likeness (QED) is 0.907. The van der Waals surface area contributed by atoms with Crippen molar-refractivity contribution in [1.29, 1.82) is 0 Å². The first kappa shape index (κ1) is 15.7. The Balaban J connectivity index is 1.79. The Hall–Kier alpha value is -2.21. The van der Waals surface area contributed by atoms with E-state index in [0.29, 0.717) is 23.9 Å². The molecule has 6 heteroatoms. The number of rotatable bonds is 3. The minimum atomic E-state index is 0.0599. The fraction of sp³-hybridized carbons (Fsp3) is 0.471. The van der Waals surface area contributed by atoms with Crippen molar-refractivity contribution >= 4 is 5.91 Å². The number of nitrogens with two attached hydrogens (primary N) is 1. The molecule has 0 aliphatic carbocycles. The van der Waals surface area contributed by atoms with Gasteiger partial charge in [0.15, 0.2) is 5.82 Å². The molecule has 1 fully saturated rings. The molecule has 1 aromatic carbocycles. The van der Waals surface area contributed by atoms with Crippen LogP contribution in [-0.4, -0.2) is 45.1 Å². The molecule has 2 heterocycles. The first-order valence-corrected chi connectivity index (χ1v) is 8.10. The summed E-state index contributed by atoms with van der Waals surface area (Å²) in [4.78, 5) is 19.0. The smallest absolute Gasteiger partial charge is 0.254 e. The molecule has 1 aliphatic heterocycles. The SMILES string of the molecule is Cc1nc(-c2ccc(C(=O)N3CCCC(C)C3CN)cc2)n[nH]1. The number of nitrogens with one attached hydrogen (secondary N) is 1. The zero-order chi connectivity index (χ0) is 16.4. The van der Waals surface area contributed by atoms with E-state index in [0.717, 1.165) is 30.8 Å². The minimum Gasteiger partial charge on any atom is -0.334 e. The third-order valence-corrected chi connectivity index (χ3v) is 4.61. The summed E-state index contributed by atoms with van der Waals surface area (Å²) >= 11 is 0. The van der Waals surface area contributed by atoms with Crippen molar-refractivity contribution < 1.29 is 4.79 Å². The lowest BCUT2D eigenvalue weighted by Crippen LogP contribution is -2.51. The molecule has 1 amide bonds. The molecule has 122 valence electrons. The number of amides is 1. The first-order chi connectivity index (χ1) is 11.1. The van der Waals surface area contributed by atoms with Crippen LogP contribution in [0.5, 0.6) is 0 Å². The zero-order valence-electron chi connectivity index (χ0n) is 13.6. The summed E-state index contributed by atoms with van der Waals surface area (Å²) in [7, 11) is 0.